The van der Waals surface area contributed by atoms with Crippen LogP contribution in [0, 0.1) is 0 Å². The first-order valence-corrected chi connectivity index (χ1v) is 15.1. The monoisotopic (exact) mass is 638 g/mol. The number of aromatic hydroxyl groups is 1. The van der Waals surface area contributed by atoms with Crippen molar-refractivity contribution >= 4 is 23.5 Å². The smallest absolute Gasteiger partial charge is 0.346 e. The Kier molecular flexibility index (Phi) is 9.43. The van der Waals surface area contributed by atoms with E-state index in [0.717, 1.165) is 11.1 Å². The molecule has 0 bridgehead atoms. The number of aliphatic hydroxyl groups is 2. The third-order valence-electron chi connectivity index (χ3n) is 8.19. The summed E-state index contributed by atoms with van der Waals surface area (Å²) in [5.74, 6) is -1.92. The lowest BCUT2D eigenvalue weighted by Gasteiger charge is -2.38. The molecule has 6 rings (SSSR count). The summed E-state index contributed by atoms with van der Waals surface area (Å²) in [4.78, 5) is 38.8. The summed E-state index contributed by atoms with van der Waals surface area (Å²) in [5.41, 5.74) is 3.79. The van der Waals surface area contributed by atoms with Crippen LogP contribution in [-0.4, -0.2) is 64.3 Å². The van der Waals surface area contributed by atoms with Gasteiger partial charge in [-0.15, -0.1) is 0 Å². The number of benzene rings is 4. The number of cyclic esters (lactones) is 2. The zero-order valence-electron chi connectivity index (χ0n) is 25.5. The number of nitrogens with zero attached hydrogens (tertiary/aromatic N) is 1. The number of phenolic OH excluding ortho intramolecular Hbond substituents is 1. The minimum atomic E-state index is -0.818. The maximum atomic E-state index is 13.1. The molecule has 2 aliphatic rings. The molecule has 4 N–H and O–H groups in total. The van der Waals surface area contributed by atoms with E-state index in [9.17, 15) is 29.7 Å². The van der Waals surface area contributed by atoms with Gasteiger partial charge in [-0.25, -0.2) is 9.59 Å². The van der Waals surface area contributed by atoms with Gasteiger partial charge in [0.1, 0.15) is 5.75 Å². The highest BCUT2D eigenvalue weighted by Gasteiger charge is 2.34. The van der Waals surface area contributed by atoms with Crippen molar-refractivity contribution in [2.24, 2.45) is 0 Å². The topological polar surface area (TPSA) is 155 Å². The SMILES string of the molecule is CN(CC1CC(c2ccc(CO)cc2)OC(c2cccc(NC(=O)c3ccc4c(c3)C(=O)OC4=O)c2)O1)CC(O)c1cccc(O)c1. The first-order valence-electron chi connectivity index (χ1n) is 15.1. The second-order valence-corrected chi connectivity index (χ2v) is 11.7. The van der Waals surface area contributed by atoms with Crippen LogP contribution < -0.4 is 5.32 Å². The van der Waals surface area contributed by atoms with E-state index in [1.165, 1.54) is 24.3 Å². The number of nitrogens with one attached hydrogen (secondary N) is 1. The molecule has 0 aliphatic carbocycles. The van der Waals surface area contributed by atoms with Crippen LogP contribution in [0.5, 0.6) is 5.75 Å². The van der Waals surface area contributed by atoms with Gasteiger partial charge in [0.25, 0.3) is 5.91 Å². The van der Waals surface area contributed by atoms with Crippen LogP contribution in [0.1, 0.15) is 78.2 Å². The second-order valence-electron chi connectivity index (χ2n) is 11.7. The van der Waals surface area contributed by atoms with Crippen LogP contribution in [0.4, 0.5) is 5.69 Å². The number of hydrogen-bond acceptors (Lipinski definition) is 10. The molecule has 1 amide bonds. The van der Waals surface area contributed by atoms with Crippen molar-refractivity contribution in [1.82, 2.24) is 4.90 Å². The molecule has 2 aliphatic heterocycles. The molecule has 11 heteroatoms. The van der Waals surface area contributed by atoms with Gasteiger partial charge in [0.05, 0.1) is 36.0 Å². The number of likely N-dealkylation sites (N-methyl/N-ethyl adjacent to an activating group) is 1. The fourth-order valence-corrected chi connectivity index (χ4v) is 5.78. The summed E-state index contributed by atoms with van der Waals surface area (Å²) < 4.78 is 17.5. The minimum absolute atomic E-state index is 0.0453. The summed E-state index contributed by atoms with van der Waals surface area (Å²) in [5, 5.41) is 33.0. The molecule has 0 spiro atoms. The number of hydrogen-bond donors (Lipinski definition) is 4. The van der Waals surface area contributed by atoms with Gasteiger partial charge in [-0.3, -0.25) is 4.79 Å². The Bertz CT molecular complexity index is 1790. The quantitative estimate of drug-likeness (QED) is 0.142. The van der Waals surface area contributed by atoms with Crippen LogP contribution in [0.25, 0.3) is 0 Å². The fourth-order valence-electron chi connectivity index (χ4n) is 5.78. The Morgan fingerprint density at radius 3 is 2.45 bits per heavy atom. The van der Waals surface area contributed by atoms with Gasteiger partial charge in [0.15, 0.2) is 6.29 Å². The predicted octanol–water partition coefficient (Wildman–Crippen LogP) is 4.66. The van der Waals surface area contributed by atoms with E-state index in [-0.39, 0.29) is 41.3 Å². The summed E-state index contributed by atoms with van der Waals surface area (Å²) in [6.45, 7) is 0.708. The lowest BCUT2D eigenvalue weighted by atomic mass is 9.99. The van der Waals surface area contributed by atoms with Crippen LogP contribution in [-0.2, 0) is 20.8 Å². The van der Waals surface area contributed by atoms with Gasteiger partial charge in [-0.05, 0) is 66.2 Å². The number of amides is 1. The maximum Gasteiger partial charge on any atom is 0.346 e. The lowest BCUT2D eigenvalue weighted by molar-refractivity contribution is -0.252. The normalized spacial score (nSPS) is 19.7. The molecule has 0 radical (unpaired) electrons. The Balaban J connectivity index is 1.19. The molecule has 4 aromatic rings. The number of esters is 2. The van der Waals surface area contributed by atoms with Crippen LogP contribution in [0.2, 0.25) is 0 Å². The molecule has 1 saturated heterocycles. The van der Waals surface area contributed by atoms with Gasteiger partial charge in [-0.1, -0.05) is 48.5 Å². The number of anilines is 1. The second kappa shape index (κ2) is 13.8. The number of fused-ring (bicyclic) bond motifs is 1. The first kappa shape index (κ1) is 32.0. The number of carbonyl (C=O) groups excluding carboxylic acids is 3. The molecule has 47 heavy (non-hydrogen) atoms. The Morgan fingerprint density at radius 1 is 0.915 bits per heavy atom. The summed E-state index contributed by atoms with van der Waals surface area (Å²) in [7, 11) is 1.88. The van der Waals surface area contributed by atoms with Crippen LogP contribution >= 0.6 is 0 Å². The fraction of sp³-hybridized carbons (Fsp3) is 0.250. The van der Waals surface area contributed by atoms with Crippen LogP contribution in [0.15, 0.2) is 91.0 Å². The molecule has 2 heterocycles. The molecule has 11 nitrogen and oxygen atoms in total. The summed E-state index contributed by atoms with van der Waals surface area (Å²) in [6.07, 6.45) is -1.73. The molecular weight excluding hydrogens is 604 g/mol. The van der Waals surface area contributed by atoms with Crippen molar-refractivity contribution in [3.05, 3.63) is 130 Å². The van der Waals surface area contributed by atoms with Gasteiger partial charge < -0.3 is 39.7 Å². The van der Waals surface area contributed by atoms with E-state index in [1.54, 1.807) is 36.4 Å². The van der Waals surface area contributed by atoms with Gasteiger partial charge in [-0.2, -0.15) is 0 Å². The van der Waals surface area contributed by atoms with E-state index in [4.69, 9.17) is 9.47 Å². The molecule has 1 fully saturated rings. The van der Waals surface area contributed by atoms with E-state index in [1.807, 2.05) is 42.3 Å². The van der Waals surface area contributed by atoms with E-state index < -0.39 is 30.2 Å². The molecule has 242 valence electrons. The van der Waals surface area contributed by atoms with Crippen molar-refractivity contribution in [3.8, 4) is 5.75 Å². The predicted molar refractivity (Wildman–Crippen MR) is 170 cm³/mol. The largest absolute Gasteiger partial charge is 0.508 e. The minimum Gasteiger partial charge on any atom is -0.508 e. The van der Waals surface area contributed by atoms with E-state index >= 15 is 0 Å². The average molecular weight is 639 g/mol. The van der Waals surface area contributed by atoms with Crippen molar-refractivity contribution < 1.29 is 43.9 Å². The van der Waals surface area contributed by atoms with Crippen molar-refractivity contribution in [2.45, 2.75) is 37.6 Å². The molecule has 4 aromatic carbocycles. The highest BCUT2D eigenvalue weighted by atomic mass is 16.7. The number of aliphatic hydroxyl groups excluding tert-OH is 2. The molecule has 4 atom stereocenters. The number of rotatable bonds is 10. The highest BCUT2D eigenvalue weighted by molar-refractivity contribution is 6.16. The van der Waals surface area contributed by atoms with Gasteiger partial charge >= 0.3 is 11.9 Å². The Hall–Kier alpha value is -4.91. The zero-order valence-corrected chi connectivity index (χ0v) is 25.5. The number of phenols is 1. The van der Waals surface area contributed by atoms with E-state index in [0.29, 0.717) is 36.3 Å². The molecule has 0 saturated carbocycles. The van der Waals surface area contributed by atoms with Gasteiger partial charge in [0.2, 0.25) is 0 Å². The van der Waals surface area contributed by atoms with Crippen molar-refractivity contribution in [1.29, 1.82) is 0 Å². The highest BCUT2D eigenvalue weighted by Crippen LogP contribution is 2.39. The zero-order chi connectivity index (χ0) is 33.1. The third kappa shape index (κ3) is 7.40. The third-order valence-corrected chi connectivity index (χ3v) is 8.19. The van der Waals surface area contributed by atoms with Gasteiger partial charge in [0, 0.05) is 36.3 Å². The maximum absolute atomic E-state index is 13.1. The van der Waals surface area contributed by atoms with E-state index in [2.05, 4.69) is 10.1 Å². The summed E-state index contributed by atoms with van der Waals surface area (Å²) in [6, 6.07) is 25.3. The van der Waals surface area contributed by atoms with Crippen molar-refractivity contribution in [2.75, 3.05) is 25.5 Å². The lowest BCUT2D eigenvalue weighted by Crippen LogP contribution is -2.39. The molecular formula is C36H34N2O9. The summed E-state index contributed by atoms with van der Waals surface area (Å²) >= 11 is 0. The first-order chi connectivity index (χ1) is 22.7. The Labute approximate surface area is 270 Å². The number of ether oxygens (including phenoxy) is 3. The van der Waals surface area contributed by atoms with Crippen LogP contribution in [0.3, 0.4) is 0 Å². The van der Waals surface area contributed by atoms with Crippen molar-refractivity contribution in [3.63, 3.8) is 0 Å². The molecule has 0 aromatic heterocycles. The molecule has 4 unspecified atom stereocenters. The average Bonchev–Trinajstić information content (AvgIpc) is 3.36. The number of carbonyl (C=O) groups is 3. The Morgan fingerprint density at radius 2 is 1.68 bits per heavy atom. The standard InChI is InChI=1S/C36H34N2O9/c1-38(19-31(41)23-4-3-7-27(40)15-23)18-28-17-32(22-10-8-21(20-39)9-11-22)46-36(45-28)25-5-2-6-26(14-25)37-33(42)24-12-13-29-30(16-24)35(44)47-34(29)43/h2-16,28,31-32,36,39-41H,17-20H2,1H3,(H,37,42).